The van der Waals surface area contributed by atoms with Crippen molar-refractivity contribution in [1.29, 1.82) is 0 Å². The van der Waals surface area contributed by atoms with Gasteiger partial charge in [-0.25, -0.2) is 9.97 Å². The summed E-state index contributed by atoms with van der Waals surface area (Å²) in [6, 6.07) is 23.4. The molecule has 5 rings (SSSR count). The second-order valence-electron chi connectivity index (χ2n) is 7.51. The predicted molar refractivity (Wildman–Crippen MR) is 122 cm³/mol. The van der Waals surface area contributed by atoms with Gasteiger partial charge in [0.15, 0.2) is 0 Å². The van der Waals surface area contributed by atoms with E-state index in [2.05, 4.69) is 77.4 Å². The Labute approximate surface area is 175 Å². The Bertz CT molecular complexity index is 1100. The van der Waals surface area contributed by atoms with Crippen molar-refractivity contribution in [2.75, 3.05) is 36.0 Å². The fourth-order valence-electron chi connectivity index (χ4n) is 3.98. The third-order valence-electron chi connectivity index (χ3n) is 5.45. The standard InChI is InChI=1S/C24H24N4S/c1-18-16-21-23(28-14-12-27(13-15-28)20-10-6-3-7-11-20)25-22(26-24(21)29-18)17-19-8-4-2-5-9-19/h2-11,16H,12-15,17H2,1H3. The van der Waals surface area contributed by atoms with Gasteiger partial charge in [-0.05, 0) is 30.7 Å². The third-order valence-corrected chi connectivity index (χ3v) is 6.39. The number of aryl methyl sites for hydroxylation is 1. The van der Waals surface area contributed by atoms with Gasteiger partial charge in [-0.15, -0.1) is 11.3 Å². The second kappa shape index (κ2) is 7.84. The topological polar surface area (TPSA) is 32.3 Å². The van der Waals surface area contributed by atoms with Crippen molar-refractivity contribution in [2.24, 2.45) is 0 Å². The SMILES string of the molecule is Cc1cc2c(N3CCN(c4ccccc4)CC3)nc(Cc3ccccc3)nc2s1. The van der Waals surface area contributed by atoms with E-state index in [1.54, 1.807) is 11.3 Å². The lowest BCUT2D eigenvalue weighted by Crippen LogP contribution is -2.47. The lowest BCUT2D eigenvalue weighted by molar-refractivity contribution is 0.647. The molecule has 1 saturated heterocycles. The molecule has 29 heavy (non-hydrogen) atoms. The van der Waals surface area contributed by atoms with Crippen LogP contribution in [-0.2, 0) is 6.42 Å². The zero-order valence-corrected chi connectivity index (χ0v) is 17.4. The van der Waals surface area contributed by atoms with Crippen LogP contribution in [0.3, 0.4) is 0 Å². The van der Waals surface area contributed by atoms with Crippen LogP contribution in [0, 0.1) is 6.92 Å². The largest absolute Gasteiger partial charge is 0.368 e. The van der Waals surface area contributed by atoms with E-state index in [1.807, 2.05) is 6.07 Å². The van der Waals surface area contributed by atoms with E-state index in [0.717, 1.165) is 49.1 Å². The number of rotatable bonds is 4. The summed E-state index contributed by atoms with van der Waals surface area (Å²) in [5, 5.41) is 1.19. The summed E-state index contributed by atoms with van der Waals surface area (Å²) < 4.78 is 0. The minimum Gasteiger partial charge on any atom is -0.368 e. The summed E-state index contributed by atoms with van der Waals surface area (Å²) in [6.07, 6.45) is 0.769. The van der Waals surface area contributed by atoms with Crippen LogP contribution in [0.4, 0.5) is 11.5 Å². The lowest BCUT2D eigenvalue weighted by Gasteiger charge is -2.37. The molecular weight excluding hydrogens is 376 g/mol. The van der Waals surface area contributed by atoms with Gasteiger partial charge in [0.2, 0.25) is 0 Å². The Morgan fingerprint density at radius 2 is 1.48 bits per heavy atom. The molecule has 4 nitrogen and oxygen atoms in total. The van der Waals surface area contributed by atoms with E-state index < -0.39 is 0 Å². The van der Waals surface area contributed by atoms with Gasteiger partial charge < -0.3 is 9.80 Å². The van der Waals surface area contributed by atoms with E-state index in [9.17, 15) is 0 Å². The molecule has 0 aliphatic carbocycles. The number of nitrogens with zero attached hydrogens (tertiary/aromatic N) is 4. The van der Waals surface area contributed by atoms with Crippen molar-refractivity contribution in [3.8, 4) is 0 Å². The van der Waals surface area contributed by atoms with Gasteiger partial charge in [0.25, 0.3) is 0 Å². The predicted octanol–water partition coefficient (Wildman–Crippen LogP) is 4.92. The fourth-order valence-corrected chi connectivity index (χ4v) is 4.88. The number of anilines is 2. The van der Waals surface area contributed by atoms with Crippen LogP contribution in [0.25, 0.3) is 10.2 Å². The fraction of sp³-hybridized carbons (Fsp3) is 0.250. The van der Waals surface area contributed by atoms with Crippen LogP contribution in [0.2, 0.25) is 0 Å². The molecule has 1 aliphatic heterocycles. The lowest BCUT2D eigenvalue weighted by atomic mass is 10.1. The first-order chi connectivity index (χ1) is 14.3. The Morgan fingerprint density at radius 1 is 0.828 bits per heavy atom. The van der Waals surface area contributed by atoms with Gasteiger partial charge in [-0.1, -0.05) is 48.5 Å². The smallest absolute Gasteiger partial charge is 0.141 e. The Kier molecular flexibility index (Phi) is 4.90. The quantitative estimate of drug-likeness (QED) is 0.487. The summed E-state index contributed by atoms with van der Waals surface area (Å²) in [5.74, 6) is 2.00. The molecule has 1 aliphatic rings. The molecule has 0 N–H and O–H groups in total. The molecule has 0 saturated carbocycles. The van der Waals surface area contributed by atoms with Crippen LogP contribution in [0.5, 0.6) is 0 Å². The first-order valence-corrected chi connectivity index (χ1v) is 10.9. The minimum atomic E-state index is 0.769. The molecule has 0 amide bonds. The highest BCUT2D eigenvalue weighted by atomic mass is 32.1. The molecule has 146 valence electrons. The average Bonchev–Trinajstić information content (AvgIpc) is 3.15. The van der Waals surface area contributed by atoms with Gasteiger partial charge in [0.05, 0.1) is 5.39 Å². The number of benzene rings is 2. The van der Waals surface area contributed by atoms with Crippen molar-refractivity contribution >= 4 is 33.1 Å². The number of aromatic nitrogens is 2. The van der Waals surface area contributed by atoms with Crippen molar-refractivity contribution in [2.45, 2.75) is 13.3 Å². The maximum Gasteiger partial charge on any atom is 0.141 e. The van der Waals surface area contributed by atoms with Gasteiger partial charge in [0.1, 0.15) is 16.5 Å². The van der Waals surface area contributed by atoms with Crippen molar-refractivity contribution in [1.82, 2.24) is 9.97 Å². The number of hydrogen-bond acceptors (Lipinski definition) is 5. The highest BCUT2D eigenvalue weighted by molar-refractivity contribution is 7.18. The molecule has 0 bridgehead atoms. The van der Waals surface area contributed by atoms with E-state index in [1.165, 1.54) is 21.5 Å². The molecule has 0 atom stereocenters. The normalized spacial score (nSPS) is 14.5. The van der Waals surface area contributed by atoms with Crippen LogP contribution >= 0.6 is 11.3 Å². The summed E-state index contributed by atoms with van der Waals surface area (Å²) in [5.41, 5.74) is 2.55. The average molecular weight is 401 g/mol. The number of piperazine rings is 1. The number of fused-ring (bicyclic) bond motifs is 1. The van der Waals surface area contributed by atoms with Gasteiger partial charge in [-0.2, -0.15) is 0 Å². The van der Waals surface area contributed by atoms with Gasteiger partial charge in [-0.3, -0.25) is 0 Å². The van der Waals surface area contributed by atoms with Gasteiger partial charge in [0, 0.05) is 43.2 Å². The van der Waals surface area contributed by atoms with E-state index in [-0.39, 0.29) is 0 Å². The molecule has 2 aromatic heterocycles. The van der Waals surface area contributed by atoms with E-state index in [0.29, 0.717) is 0 Å². The molecule has 4 aromatic rings. The van der Waals surface area contributed by atoms with E-state index >= 15 is 0 Å². The Morgan fingerprint density at radius 3 is 2.21 bits per heavy atom. The molecule has 2 aromatic carbocycles. The first-order valence-electron chi connectivity index (χ1n) is 10.1. The van der Waals surface area contributed by atoms with Crippen LogP contribution in [-0.4, -0.2) is 36.1 Å². The van der Waals surface area contributed by atoms with E-state index in [4.69, 9.17) is 9.97 Å². The molecule has 0 radical (unpaired) electrons. The molecule has 1 fully saturated rings. The monoisotopic (exact) mass is 400 g/mol. The molecule has 5 heteroatoms. The van der Waals surface area contributed by atoms with Gasteiger partial charge >= 0.3 is 0 Å². The molecule has 0 spiro atoms. The third kappa shape index (κ3) is 3.83. The molecular formula is C24H24N4S. The Hall–Kier alpha value is -2.92. The summed E-state index contributed by atoms with van der Waals surface area (Å²) in [4.78, 5) is 17.2. The van der Waals surface area contributed by atoms with Crippen molar-refractivity contribution in [3.05, 3.63) is 83.0 Å². The molecule has 3 heterocycles. The minimum absolute atomic E-state index is 0.769. The highest BCUT2D eigenvalue weighted by Gasteiger charge is 2.22. The summed E-state index contributed by atoms with van der Waals surface area (Å²) >= 11 is 1.76. The number of hydrogen-bond donors (Lipinski definition) is 0. The van der Waals surface area contributed by atoms with Crippen LogP contribution < -0.4 is 9.80 Å². The Balaban J connectivity index is 1.43. The maximum absolute atomic E-state index is 5.03. The van der Waals surface area contributed by atoms with Crippen LogP contribution in [0.15, 0.2) is 66.7 Å². The highest BCUT2D eigenvalue weighted by Crippen LogP contribution is 2.32. The zero-order chi connectivity index (χ0) is 19.6. The first kappa shape index (κ1) is 18.1. The van der Waals surface area contributed by atoms with Crippen LogP contribution in [0.1, 0.15) is 16.3 Å². The summed E-state index contributed by atoms with van der Waals surface area (Å²) in [7, 11) is 0. The summed E-state index contributed by atoms with van der Waals surface area (Å²) in [6.45, 7) is 6.11. The molecule has 0 unspecified atom stereocenters. The van der Waals surface area contributed by atoms with Crippen molar-refractivity contribution < 1.29 is 0 Å². The number of thiophene rings is 1. The number of para-hydroxylation sites is 1. The maximum atomic E-state index is 5.03. The van der Waals surface area contributed by atoms with Crippen molar-refractivity contribution in [3.63, 3.8) is 0 Å². The second-order valence-corrected chi connectivity index (χ2v) is 8.75. The zero-order valence-electron chi connectivity index (χ0n) is 16.6.